The molecular formula is C30H26O14. The Hall–Kier alpha value is -5.60. The molecule has 14 heteroatoms. The highest BCUT2D eigenvalue weighted by Crippen LogP contribution is 2.53. The topological polar surface area (TPSA) is 255 Å². The Morgan fingerprint density at radius 1 is 0.727 bits per heavy atom. The van der Waals surface area contributed by atoms with Crippen molar-refractivity contribution in [3.8, 4) is 57.1 Å². The Bertz CT molecular complexity index is 1740. The van der Waals surface area contributed by atoms with Crippen molar-refractivity contribution < 1.29 is 70.1 Å². The third-order valence-corrected chi connectivity index (χ3v) is 7.28. The molecule has 0 unspecified atom stereocenters. The van der Waals surface area contributed by atoms with Crippen molar-refractivity contribution >= 4 is 11.9 Å². The molecule has 0 spiro atoms. The average molecular weight is 611 g/mol. The van der Waals surface area contributed by atoms with Crippen molar-refractivity contribution in [2.75, 3.05) is 0 Å². The van der Waals surface area contributed by atoms with Crippen LogP contribution in [-0.4, -0.2) is 81.3 Å². The number of aliphatic hydroxyl groups is 2. The highest BCUT2D eigenvalue weighted by molar-refractivity contribution is 5.87. The number of benzene rings is 3. The fraction of sp³-hybridized carbons (Fsp3) is 0.200. The van der Waals surface area contributed by atoms with E-state index < -0.39 is 59.4 Å². The highest BCUT2D eigenvalue weighted by atomic mass is 16.5. The van der Waals surface area contributed by atoms with Gasteiger partial charge in [-0.1, -0.05) is 0 Å². The molecule has 4 atom stereocenters. The van der Waals surface area contributed by atoms with E-state index in [1.165, 1.54) is 12.1 Å². The van der Waals surface area contributed by atoms with E-state index in [9.17, 15) is 55.5 Å². The third kappa shape index (κ3) is 5.46. The molecule has 14 nitrogen and oxygen atoms in total. The number of carbonyl (C=O) groups is 2. The quantitative estimate of drug-likeness (QED) is 0.109. The lowest BCUT2D eigenvalue weighted by Gasteiger charge is -2.34. The van der Waals surface area contributed by atoms with Crippen LogP contribution in [0, 0.1) is 0 Å². The summed E-state index contributed by atoms with van der Waals surface area (Å²) in [5, 5.41) is 103. The second-order valence-corrected chi connectivity index (χ2v) is 10.2. The van der Waals surface area contributed by atoms with Crippen LogP contribution in [0.1, 0.15) is 22.8 Å². The zero-order valence-corrected chi connectivity index (χ0v) is 22.4. The number of carboxylic acids is 2. The molecule has 0 aromatic heterocycles. The summed E-state index contributed by atoms with van der Waals surface area (Å²) >= 11 is 0. The minimum absolute atomic E-state index is 0.0455. The normalized spacial score (nSPS) is 21.2. The zero-order chi connectivity index (χ0) is 32.0. The lowest BCUT2D eigenvalue weighted by atomic mass is 9.88. The average Bonchev–Trinajstić information content (AvgIpc) is 2.93. The summed E-state index contributed by atoms with van der Waals surface area (Å²) < 4.78 is 11.7. The summed E-state index contributed by atoms with van der Waals surface area (Å²) in [7, 11) is 0. The number of aliphatic carboxylic acids is 2. The fourth-order valence-corrected chi connectivity index (χ4v) is 5.35. The van der Waals surface area contributed by atoms with Gasteiger partial charge in [-0.15, -0.1) is 0 Å². The van der Waals surface area contributed by atoms with Gasteiger partial charge in [0, 0.05) is 65.5 Å². The van der Waals surface area contributed by atoms with Crippen LogP contribution >= 0.6 is 0 Å². The van der Waals surface area contributed by atoms with E-state index in [1.54, 1.807) is 0 Å². The van der Waals surface area contributed by atoms with Gasteiger partial charge in [-0.25, -0.2) is 9.59 Å². The first-order valence-corrected chi connectivity index (χ1v) is 13.0. The lowest BCUT2D eigenvalue weighted by molar-refractivity contribution is -0.132. The summed E-state index contributed by atoms with van der Waals surface area (Å²) in [5.74, 6) is -6.48. The van der Waals surface area contributed by atoms with Crippen LogP contribution in [0.4, 0.5) is 0 Å². The van der Waals surface area contributed by atoms with Gasteiger partial charge >= 0.3 is 11.9 Å². The monoisotopic (exact) mass is 610 g/mol. The van der Waals surface area contributed by atoms with Gasteiger partial charge in [0.25, 0.3) is 0 Å². The first kappa shape index (κ1) is 29.9. The summed E-state index contributed by atoms with van der Waals surface area (Å²) in [4.78, 5) is 22.6. The predicted octanol–water partition coefficient (Wildman–Crippen LogP) is 1.94. The minimum Gasteiger partial charge on any atom is -0.508 e. The van der Waals surface area contributed by atoms with Crippen LogP contribution in [0.25, 0.3) is 11.1 Å². The molecule has 0 aliphatic carbocycles. The van der Waals surface area contributed by atoms with Crippen molar-refractivity contribution in [3.05, 3.63) is 70.8 Å². The maximum Gasteiger partial charge on any atom is 0.328 e. The molecule has 0 amide bonds. The van der Waals surface area contributed by atoms with E-state index in [2.05, 4.69) is 0 Å². The van der Waals surface area contributed by atoms with Gasteiger partial charge in [0.15, 0.2) is 17.6 Å². The minimum atomic E-state index is -1.52. The van der Waals surface area contributed by atoms with E-state index in [-0.39, 0.29) is 69.2 Å². The van der Waals surface area contributed by atoms with Crippen molar-refractivity contribution in [1.29, 1.82) is 0 Å². The smallest absolute Gasteiger partial charge is 0.328 e. The van der Waals surface area contributed by atoms with Crippen molar-refractivity contribution in [2.24, 2.45) is 0 Å². The van der Waals surface area contributed by atoms with E-state index in [0.717, 1.165) is 24.3 Å². The Labute approximate surface area is 247 Å². The number of phenols is 6. The molecule has 0 saturated carbocycles. The molecule has 5 rings (SSSR count). The van der Waals surface area contributed by atoms with Crippen LogP contribution < -0.4 is 9.47 Å². The number of carboxylic acid groups (broad SMARTS) is 2. The van der Waals surface area contributed by atoms with Gasteiger partial charge < -0.3 is 60.5 Å². The first-order valence-electron chi connectivity index (χ1n) is 13.0. The van der Waals surface area contributed by atoms with Gasteiger partial charge in [-0.05, 0) is 23.8 Å². The number of aliphatic hydroxyl groups excluding tert-OH is 2. The zero-order valence-electron chi connectivity index (χ0n) is 22.4. The molecule has 44 heavy (non-hydrogen) atoms. The van der Waals surface area contributed by atoms with Crippen LogP contribution in [0.3, 0.4) is 0 Å². The maximum absolute atomic E-state index is 11.5. The molecule has 3 aromatic carbocycles. The molecule has 2 aliphatic rings. The summed E-state index contributed by atoms with van der Waals surface area (Å²) in [6.45, 7) is 0. The van der Waals surface area contributed by atoms with Gasteiger partial charge in [0.05, 0.1) is 17.8 Å². The molecule has 2 heterocycles. The summed E-state index contributed by atoms with van der Waals surface area (Å²) in [5.41, 5.74) is -0.634. The summed E-state index contributed by atoms with van der Waals surface area (Å²) in [6, 6.07) is 5.53. The van der Waals surface area contributed by atoms with E-state index in [1.807, 2.05) is 0 Å². The lowest BCUT2D eigenvalue weighted by Crippen LogP contribution is -2.39. The van der Waals surface area contributed by atoms with Crippen molar-refractivity contribution in [2.45, 2.75) is 37.3 Å². The molecule has 0 bridgehead atoms. The van der Waals surface area contributed by atoms with Crippen LogP contribution in [0.2, 0.25) is 0 Å². The largest absolute Gasteiger partial charge is 0.508 e. The number of ether oxygens (including phenoxy) is 2. The number of phenolic OH excluding ortho intramolecular Hbond substituents is 6. The van der Waals surface area contributed by atoms with Crippen LogP contribution in [0.5, 0.6) is 46.0 Å². The van der Waals surface area contributed by atoms with Gasteiger partial charge in [0.2, 0.25) is 0 Å². The van der Waals surface area contributed by atoms with E-state index in [0.29, 0.717) is 12.2 Å². The Kier molecular flexibility index (Phi) is 7.63. The fourth-order valence-electron chi connectivity index (χ4n) is 5.35. The molecule has 230 valence electrons. The standard InChI is InChI=1S/C30H26O14/c31-13-6-17(32)14-8-21(36)29(43-23(14)7-13)12-3-16(27(42)20(35)4-12)26-19(34)10-18(33)15-9-22(37)28(44-30(15)26)11(5-25(40)41)1-2-24(38)39/h1-7,10,21-22,28-29,31-37,42H,8-9H2,(H,38,39)(H,40,41)/b2-1-,11-5+/t21-,22-,28+,29+/m0/s1. The first-order chi connectivity index (χ1) is 20.7. The SMILES string of the molecule is O=C(O)/C=C\C(=C/C(=O)O)[C@H]1Oc2c(c(O)cc(O)c2-c2cc([C@H]3Oc4cc(O)cc(O)c4C[C@@H]3O)cc(O)c2O)C[C@@H]1O. The second-order valence-electron chi connectivity index (χ2n) is 10.2. The van der Waals surface area contributed by atoms with Crippen LogP contribution in [0.15, 0.2) is 54.1 Å². The second kappa shape index (κ2) is 11.2. The number of hydrogen-bond acceptors (Lipinski definition) is 12. The van der Waals surface area contributed by atoms with Gasteiger partial charge in [0.1, 0.15) is 40.6 Å². The van der Waals surface area contributed by atoms with Crippen molar-refractivity contribution in [3.63, 3.8) is 0 Å². The van der Waals surface area contributed by atoms with E-state index in [4.69, 9.17) is 14.6 Å². The maximum atomic E-state index is 11.5. The molecule has 0 saturated heterocycles. The van der Waals surface area contributed by atoms with Crippen LogP contribution in [-0.2, 0) is 22.4 Å². The summed E-state index contributed by atoms with van der Waals surface area (Å²) in [6.07, 6.45) is -3.87. The number of rotatable bonds is 6. The molecule has 10 N–H and O–H groups in total. The molecule has 0 fully saturated rings. The molecule has 3 aromatic rings. The third-order valence-electron chi connectivity index (χ3n) is 7.28. The highest BCUT2D eigenvalue weighted by Gasteiger charge is 2.38. The predicted molar refractivity (Wildman–Crippen MR) is 148 cm³/mol. The Morgan fingerprint density at radius 2 is 1.41 bits per heavy atom. The number of aromatic hydroxyl groups is 6. The number of fused-ring (bicyclic) bond motifs is 2. The van der Waals surface area contributed by atoms with Gasteiger partial charge in [-0.2, -0.15) is 0 Å². The Morgan fingerprint density at radius 3 is 2.09 bits per heavy atom. The molecule has 2 aliphatic heterocycles. The Balaban J connectivity index is 1.64. The van der Waals surface area contributed by atoms with Gasteiger partial charge in [-0.3, -0.25) is 0 Å². The number of hydrogen-bond donors (Lipinski definition) is 10. The molecular weight excluding hydrogens is 584 g/mol. The van der Waals surface area contributed by atoms with Crippen molar-refractivity contribution in [1.82, 2.24) is 0 Å². The molecule has 0 radical (unpaired) electrons. The van der Waals surface area contributed by atoms with E-state index >= 15 is 0 Å².